The second-order valence-electron chi connectivity index (χ2n) is 8.72. The number of carboxylic acid groups (broad SMARTS) is 1. The van der Waals surface area contributed by atoms with Gasteiger partial charge in [0, 0.05) is 56.2 Å². The Morgan fingerprint density at radius 3 is 2.49 bits per heavy atom. The molecule has 0 saturated carbocycles. The van der Waals surface area contributed by atoms with Gasteiger partial charge in [-0.3, -0.25) is 14.7 Å². The molecule has 0 aliphatic carbocycles. The number of aromatic nitrogens is 1. The number of anilines is 1. The van der Waals surface area contributed by atoms with E-state index in [9.17, 15) is 19.1 Å². The molecule has 0 bridgehead atoms. The molecule has 2 heterocycles. The van der Waals surface area contributed by atoms with Gasteiger partial charge in [0.2, 0.25) is 0 Å². The number of benzene rings is 2. The topological polar surface area (TPSA) is 77.0 Å². The van der Waals surface area contributed by atoms with E-state index in [2.05, 4.69) is 9.88 Å². The van der Waals surface area contributed by atoms with Crippen molar-refractivity contribution >= 4 is 17.7 Å². The number of carbonyl (C=O) groups is 2. The average molecular weight is 477 g/mol. The van der Waals surface area contributed by atoms with E-state index in [0.29, 0.717) is 43.0 Å². The molecular weight excluding hydrogens is 447 g/mol. The van der Waals surface area contributed by atoms with Crippen LogP contribution in [0, 0.1) is 5.82 Å². The van der Waals surface area contributed by atoms with Gasteiger partial charge in [-0.2, -0.15) is 0 Å². The maximum atomic E-state index is 13.5. The van der Waals surface area contributed by atoms with E-state index in [1.165, 1.54) is 23.2 Å². The second kappa shape index (κ2) is 10.7. The zero-order valence-corrected chi connectivity index (χ0v) is 19.9. The molecular formula is C27H29FN4O3. The lowest BCUT2D eigenvalue weighted by Crippen LogP contribution is -2.53. The van der Waals surface area contributed by atoms with E-state index in [-0.39, 0.29) is 17.8 Å². The Morgan fingerprint density at radius 1 is 1.11 bits per heavy atom. The van der Waals surface area contributed by atoms with Gasteiger partial charge in [0.05, 0.1) is 11.3 Å². The van der Waals surface area contributed by atoms with E-state index in [1.54, 1.807) is 29.2 Å². The summed E-state index contributed by atoms with van der Waals surface area (Å²) < 4.78 is 13.5. The van der Waals surface area contributed by atoms with Gasteiger partial charge in [-0.25, -0.2) is 9.18 Å². The average Bonchev–Trinajstić information content (AvgIpc) is 2.85. The van der Waals surface area contributed by atoms with Crippen LogP contribution in [0.2, 0.25) is 0 Å². The van der Waals surface area contributed by atoms with Gasteiger partial charge in [0.25, 0.3) is 5.91 Å². The Hall–Kier alpha value is -3.78. The number of halogens is 1. The lowest BCUT2D eigenvalue weighted by atomic mass is 10.1. The number of carbonyl (C=O) groups excluding carboxylic acids is 1. The first-order chi connectivity index (χ1) is 16.9. The third kappa shape index (κ3) is 5.66. The van der Waals surface area contributed by atoms with E-state index in [1.807, 2.05) is 38.1 Å². The van der Waals surface area contributed by atoms with Crippen LogP contribution in [-0.2, 0) is 6.54 Å². The van der Waals surface area contributed by atoms with Crippen LogP contribution < -0.4 is 4.90 Å². The van der Waals surface area contributed by atoms with E-state index >= 15 is 0 Å². The quantitative estimate of drug-likeness (QED) is 0.556. The van der Waals surface area contributed by atoms with Gasteiger partial charge in [0.1, 0.15) is 5.82 Å². The SMILES string of the molecule is CCN(C(=O)c1ccc(-c2cccc(F)c2)nc1)c1ccc(CN2CCN(C(=O)O)[C@@H](C)C2)cc1. The molecule has 1 aromatic heterocycles. The number of hydrogen-bond donors (Lipinski definition) is 1. The summed E-state index contributed by atoms with van der Waals surface area (Å²) in [6.07, 6.45) is 0.655. The van der Waals surface area contributed by atoms with Crippen molar-refractivity contribution in [3.63, 3.8) is 0 Å². The zero-order chi connectivity index (χ0) is 24.9. The highest BCUT2D eigenvalue weighted by atomic mass is 19.1. The Morgan fingerprint density at radius 2 is 1.89 bits per heavy atom. The van der Waals surface area contributed by atoms with Gasteiger partial charge in [-0.1, -0.05) is 24.3 Å². The molecule has 7 nitrogen and oxygen atoms in total. The molecule has 1 saturated heterocycles. The number of piperazine rings is 1. The maximum Gasteiger partial charge on any atom is 0.407 e. The number of amides is 2. The predicted molar refractivity (Wildman–Crippen MR) is 133 cm³/mol. The van der Waals surface area contributed by atoms with Crippen molar-refractivity contribution in [2.75, 3.05) is 31.1 Å². The van der Waals surface area contributed by atoms with Crippen LogP contribution in [0.15, 0.2) is 66.9 Å². The fraction of sp³-hybridized carbons (Fsp3) is 0.296. The van der Waals surface area contributed by atoms with Crippen molar-refractivity contribution in [3.8, 4) is 11.3 Å². The van der Waals surface area contributed by atoms with Crippen molar-refractivity contribution in [2.45, 2.75) is 26.4 Å². The van der Waals surface area contributed by atoms with Crippen LogP contribution >= 0.6 is 0 Å². The van der Waals surface area contributed by atoms with Gasteiger partial charge in [-0.05, 0) is 55.8 Å². The number of pyridine rings is 1. The summed E-state index contributed by atoms with van der Waals surface area (Å²) in [7, 11) is 0. The van der Waals surface area contributed by atoms with Crippen LogP contribution in [0.5, 0.6) is 0 Å². The summed E-state index contributed by atoms with van der Waals surface area (Å²) in [5.41, 5.74) is 3.62. The zero-order valence-electron chi connectivity index (χ0n) is 19.9. The fourth-order valence-corrected chi connectivity index (χ4v) is 4.44. The fourth-order valence-electron chi connectivity index (χ4n) is 4.44. The monoisotopic (exact) mass is 476 g/mol. The molecule has 1 N–H and O–H groups in total. The maximum absolute atomic E-state index is 13.5. The highest BCUT2D eigenvalue weighted by molar-refractivity contribution is 6.06. The minimum atomic E-state index is -0.871. The molecule has 182 valence electrons. The second-order valence-corrected chi connectivity index (χ2v) is 8.72. The predicted octanol–water partition coefficient (Wildman–Crippen LogP) is 4.74. The van der Waals surface area contributed by atoms with Crippen LogP contribution in [0.1, 0.15) is 29.8 Å². The summed E-state index contributed by atoms with van der Waals surface area (Å²) >= 11 is 0. The number of nitrogens with zero attached hydrogens (tertiary/aromatic N) is 4. The Bertz CT molecular complexity index is 1180. The van der Waals surface area contributed by atoms with Gasteiger partial charge in [0.15, 0.2) is 0 Å². The normalized spacial score (nSPS) is 16.2. The largest absolute Gasteiger partial charge is 0.465 e. The first kappa shape index (κ1) is 24.3. The van der Waals surface area contributed by atoms with Crippen LogP contribution in [0.3, 0.4) is 0 Å². The highest BCUT2D eigenvalue weighted by Gasteiger charge is 2.27. The van der Waals surface area contributed by atoms with Crippen LogP contribution in [-0.4, -0.2) is 64.1 Å². The summed E-state index contributed by atoms with van der Waals surface area (Å²) in [5, 5.41) is 9.25. The standard InChI is InChI=1S/C27H29FN4O3/c1-3-31(26(33)22-9-12-25(29-16-22)21-5-4-6-23(28)15-21)24-10-7-20(8-11-24)18-30-13-14-32(27(34)35)19(2)17-30/h4-12,15-16,19H,3,13-14,17-18H2,1-2H3,(H,34,35)/t19-/m0/s1. The van der Waals surface area contributed by atoms with Crippen molar-refractivity contribution in [1.82, 2.24) is 14.8 Å². The summed E-state index contributed by atoms with van der Waals surface area (Å²) in [6.45, 7) is 6.95. The lowest BCUT2D eigenvalue weighted by Gasteiger charge is -2.38. The van der Waals surface area contributed by atoms with Crippen molar-refractivity contribution in [1.29, 1.82) is 0 Å². The van der Waals surface area contributed by atoms with Crippen molar-refractivity contribution in [2.24, 2.45) is 0 Å². The molecule has 35 heavy (non-hydrogen) atoms. The van der Waals surface area contributed by atoms with E-state index in [0.717, 1.165) is 17.8 Å². The molecule has 1 aliphatic rings. The van der Waals surface area contributed by atoms with Gasteiger partial charge >= 0.3 is 6.09 Å². The first-order valence-electron chi connectivity index (χ1n) is 11.7. The molecule has 1 atom stereocenters. The van der Waals surface area contributed by atoms with Gasteiger partial charge < -0.3 is 14.9 Å². The minimum absolute atomic E-state index is 0.0466. The third-order valence-electron chi connectivity index (χ3n) is 6.30. The first-order valence-corrected chi connectivity index (χ1v) is 11.7. The summed E-state index contributed by atoms with van der Waals surface area (Å²) in [6, 6.07) is 17.5. The highest BCUT2D eigenvalue weighted by Crippen LogP contribution is 2.22. The molecule has 0 spiro atoms. The van der Waals surface area contributed by atoms with Crippen LogP contribution in [0.25, 0.3) is 11.3 Å². The minimum Gasteiger partial charge on any atom is -0.465 e. The molecule has 8 heteroatoms. The third-order valence-corrected chi connectivity index (χ3v) is 6.30. The summed E-state index contributed by atoms with van der Waals surface area (Å²) in [5.74, 6) is -0.487. The lowest BCUT2D eigenvalue weighted by molar-refractivity contribution is 0.0711. The van der Waals surface area contributed by atoms with E-state index in [4.69, 9.17) is 0 Å². The number of hydrogen-bond acceptors (Lipinski definition) is 4. The molecule has 2 aromatic carbocycles. The molecule has 1 aliphatic heterocycles. The summed E-state index contributed by atoms with van der Waals surface area (Å²) in [4.78, 5) is 34.2. The van der Waals surface area contributed by atoms with Crippen molar-refractivity contribution in [3.05, 3.63) is 83.8 Å². The van der Waals surface area contributed by atoms with Crippen molar-refractivity contribution < 1.29 is 19.1 Å². The van der Waals surface area contributed by atoms with Crippen LogP contribution in [0.4, 0.5) is 14.9 Å². The molecule has 2 amide bonds. The molecule has 0 unspecified atom stereocenters. The molecule has 0 radical (unpaired) electrons. The van der Waals surface area contributed by atoms with Gasteiger partial charge in [-0.15, -0.1) is 0 Å². The molecule has 1 fully saturated rings. The molecule has 4 rings (SSSR count). The number of rotatable bonds is 6. The van der Waals surface area contributed by atoms with E-state index < -0.39 is 6.09 Å². The Balaban J connectivity index is 1.41. The Labute approximate surface area is 204 Å². The molecule has 3 aromatic rings. The smallest absolute Gasteiger partial charge is 0.407 e. The Kier molecular flexibility index (Phi) is 7.41.